The highest BCUT2D eigenvalue weighted by molar-refractivity contribution is 7.78. The van der Waals surface area contributed by atoms with Gasteiger partial charge in [0.15, 0.2) is 0 Å². The SMILES string of the molecule is C[C@@H]1C(=O)N2C(c3cn(S)c4ccccc34)[C@@](C)(C#N)C[C@H]2C(=O)N1C. The van der Waals surface area contributed by atoms with E-state index in [0.29, 0.717) is 6.42 Å². The summed E-state index contributed by atoms with van der Waals surface area (Å²) in [7, 11) is 1.65. The van der Waals surface area contributed by atoms with Crippen LogP contribution in [0, 0.1) is 16.7 Å². The number of amides is 2. The summed E-state index contributed by atoms with van der Waals surface area (Å²) in [5, 5.41) is 10.9. The molecule has 134 valence electrons. The van der Waals surface area contributed by atoms with Crippen molar-refractivity contribution < 1.29 is 9.59 Å². The normalized spacial score (nSPS) is 31.4. The van der Waals surface area contributed by atoms with E-state index in [9.17, 15) is 14.9 Å². The van der Waals surface area contributed by atoms with Crippen LogP contribution in [-0.4, -0.2) is 44.7 Å². The Morgan fingerprint density at radius 1 is 1.27 bits per heavy atom. The zero-order valence-electron chi connectivity index (χ0n) is 14.9. The number of piperazine rings is 1. The lowest BCUT2D eigenvalue weighted by Crippen LogP contribution is -2.60. The molecule has 1 unspecified atom stereocenters. The van der Waals surface area contributed by atoms with Crippen LogP contribution in [0.2, 0.25) is 0 Å². The molecule has 2 aromatic rings. The lowest BCUT2D eigenvalue weighted by atomic mass is 9.79. The van der Waals surface area contributed by atoms with Gasteiger partial charge in [-0.1, -0.05) is 31.0 Å². The number of para-hydroxylation sites is 1. The van der Waals surface area contributed by atoms with Gasteiger partial charge in [-0.15, -0.1) is 0 Å². The van der Waals surface area contributed by atoms with E-state index in [1.807, 2.05) is 37.4 Å². The summed E-state index contributed by atoms with van der Waals surface area (Å²) >= 11 is 4.50. The first-order chi connectivity index (χ1) is 12.3. The first-order valence-electron chi connectivity index (χ1n) is 8.59. The molecule has 1 aromatic carbocycles. The van der Waals surface area contributed by atoms with Crippen LogP contribution in [0.3, 0.4) is 0 Å². The van der Waals surface area contributed by atoms with E-state index in [2.05, 4.69) is 18.9 Å². The van der Waals surface area contributed by atoms with Gasteiger partial charge in [0.2, 0.25) is 11.8 Å². The Kier molecular flexibility index (Phi) is 3.60. The van der Waals surface area contributed by atoms with Gasteiger partial charge < -0.3 is 9.80 Å². The molecule has 0 spiro atoms. The summed E-state index contributed by atoms with van der Waals surface area (Å²) in [6, 6.07) is 8.54. The number of nitriles is 1. The molecule has 7 heteroatoms. The third-order valence-electron chi connectivity index (χ3n) is 5.93. The van der Waals surface area contributed by atoms with Crippen LogP contribution >= 0.6 is 12.8 Å². The number of aromatic nitrogens is 1. The number of thiol groups is 1. The van der Waals surface area contributed by atoms with Crippen molar-refractivity contribution in [2.24, 2.45) is 5.41 Å². The summed E-state index contributed by atoms with van der Waals surface area (Å²) in [4.78, 5) is 29.0. The van der Waals surface area contributed by atoms with Crippen LogP contribution in [-0.2, 0) is 9.59 Å². The van der Waals surface area contributed by atoms with E-state index in [-0.39, 0.29) is 11.8 Å². The second-order valence-electron chi connectivity index (χ2n) is 7.47. The third kappa shape index (κ3) is 2.05. The van der Waals surface area contributed by atoms with Crippen LogP contribution in [0.5, 0.6) is 0 Å². The minimum atomic E-state index is -0.848. The number of likely N-dealkylation sites (N-methyl/N-ethyl adjacent to an activating group) is 1. The zero-order valence-corrected chi connectivity index (χ0v) is 15.8. The van der Waals surface area contributed by atoms with E-state index in [1.54, 1.807) is 22.8 Å². The van der Waals surface area contributed by atoms with E-state index in [0.717, 1.165) is 16.5 Å². The maximum absolute atomic E-state index is 13.1. The Morgan fingerprint density at radius 2 is 1.96 bits per heavy atom. The van der Waals surface area contributed by atoms with Gasteiger partial charge >= 0.3 is 0 Å². The molecule has 4 atom stereocenters. The molecule has 0 aliphatic carbocycles. The maximum atomic E-state index is 13.1. The lowest BCUT2D eigenvalue weighted by Gasteiger charge is -2.41. The summed E-state index contributed by atoms with van der Waals surface area (Å²) in [5.74, 6) is -0.215. The molecule has 2 fully saturated rings. The van der Waals surface area contributed by atoms with E-state index >= 15 is 0 Å². The highest BCUT2D eigenvalue weighted by Gasteiger charge is 2.59. The smallest absolute Gasteiger partial charge is 0.246 e. The predicted molar refractivity (Wildman–Crippen MR) is 100 cm³/mol. The average molecular weight is 368 g/mol. The summed E-state index contributed by atoms with van der Waals surface area (Å²) in [6.07, 6.45) is 2.19. The van der Waals surface area contributed by atoms with Crippen molar-refractivity contribution >= 4 is 35.5 Å². The molecule has 0 saturated carbocycles. The van der Waals surface area contributed by atoms with Crippen molar-refractivity contribution in [1.29, 1.82) is 5.26 Å². The van der Waals surface area contributed by atoms with Gasteiger partial charge in [0.25, 0.3) is 0 Å². The van der Waals surface area contributed by atoms with Crippen LogP contribution in [0.25, 0.3) is 10.9 Å². The van der Waals surface area contributed by atoms with Gasteiger partial charge in [0.05, 0.1) is 23.0 Å². The minimum absolute atomic E-state index is 0.101. The maximum Gasteiger partial charge on any atom is 0.246 e. The number of fused-ring (bicyclic) bond motifs is 2. The quantitative estimate of drug-likeness (QED) is 0.786. The molecule has 0 radical (unpaired) electrons. The molecule has 0 bridgehead atoms. The zero-order chi connectivity index (χ0) is 18.8. The number of carbonyl (C=O) groups excluding carboxylic acids is 2. The molecule has 2 aliphatic heterocycles. The Labute approximate surface area is 157 Å². The molecule has 2 amide bonds. The average Bonchev–Trinajstić information content (AvgIpc) is 3.13. The van der Waals surface area contributed by atoms with Gasteiger partial charge in [0, 0.05) is 24.2 Å². The molecule has 3 heterocycles. The van der Waals surface area contributed by atoms with Crippen molar-refractivity contribution in [3.63, 3.8) is 0 Å². The topological polar surface area (TPSA) is 69.3 Å². The van der Waals surface area contributed by atoms with E-state index < -0.39 is 23.5 Å². The summed E-state index contributed by atoms with van der Waals surface area (Å²) in [6.45, 7) is 3.57. The summed E-state index contributed by atoms with van der Waals surface area (Å²) < 4.78 is 1.71. The molecule has 1 aromatic heterocycles. The molecule has 0 N–H and O–H groups in total. The number of rotatable bonds is 1. The fourth-order valence-electron chi connectivity index (χ4n) is 4.40. The Hall–Kier alpha value is -2.46. The Bertz CT molecular complexity index is 978. The molecule has 2 aliphatic rings. The number of hydrogen-bond acceptors (Lipinski definition) is 4. The fraction of sp³-hybridized carbons (Fsp3) is 0.421. The standard InChI is InChI=1S/C19H20N4O2S/c1-11-17(24)23-15(18(25)21(11)3)8-19(2,10-20)16(23)13-9-22(26)14-7-5-4-6-12(13)14/h4-7,9,11,15-16,26H,8H2,1-3H3/t11-,15+,16?,19-/m1/s1. The highest BCUT2D eigenvalue weighted by Crippen LogP contribution is 2.53. The first-order valence-corrected chi connectivity index (χ1v) is 8.99. The number of carbonyl (C=O) groups is 2. The van der Waals surface area contributed by atoms with Crippen LogP contribution in [0.1, 0.15) is 31.9 Å². The van der Waals surface area contributed by atoms with Crippen LogP contribution in [0.4, 0.5) is 0 Å². The number of nitrogens with zero attached hydrogens (tertiary/aromatic N) is 4. The monoisotopic (exact) mass is 368 g/mol. The van der Waals surface area contributed by atoms with Gasteiger partial charge in [-0.25, -0.2) is 0 Å². The molecular weight excluding hydrogens is 348 g/mol. The molecule has 26 heavy (non-hydrogen) atoms. The fourth-order valence-corrected chi connectivity index (χ4v) is 4.70. The van der Waals surface area contributed by atoms with Crippen molar-refractivity contribution in [2.75, 3.05) is 7.05 Å². The Balaban J connectivity index is 1.94. The van der Waals surface area contributed by atoms with Crippen molar-refractivity contribution in [3.8, 4) is 6.07 Å². The Morgan fingerprint density at radius 3 is 2.65 bits per heavy atom. The van der Waals surface area contributed by atoms with Crippen molar-refractivity contribution in [1.82, 2.24) is 13.8 Å². The molecular formula is C19H20N4O2S. The first kappa shape index (κ1) is 17.0. The predicted octanol–water partition coefficient (Wildman–Crippen LogP) is 2.37. The van der Waals surface area contributed by atoms with E-state index in [4.69, 9.17) is 0 Å². The lowest BCUT2D eigenvalue weighted by molar-refractivity contribution is -0.159. The van der Waals surface area contributed by atoms with Crippen molar-refractivity contribution in [3.05, 3.63) is 36.0 Å². The highest BCUT2D eigenvalue weighted by atomic mass is 32.1. The van der Waals surface area contributed by atoms with Gasteiger partial charge in [-0.2, -0.15) is 5.26 Å². The van der Waals surface area contributed by atoms with Crippen molar-refractivity contribution in [2.45, 2.75) is 38.4 Å². The second kappa shape index (κ2) is 5.52. The second-order valence-corrected chi connectivity index (χ2v) is 7.90. The van der Waals surface area contributed by atoms with Crippen LogP contribution < -0.4 is 0 Å². The third-order valence-corrected chi connectivity index (χ3v) is 6.26. The van der Waals surface area contributed by atoms with Crippen LogP contribution in [0.15, 0.2) is 30.5 Å². The molecule has 4 rings (SSSR count). The number of hydrogen-bond donors (Lipinski definition) is 1. The largest absolute Gasteiger partial charge is 0.332 e. The van der Waals surface area contributed by atoms with Gasteiger partial charge in [-0.05, 0) is 26.3 Å². The van der Waals surface area contributed by atoms with Gasteiger partial charge in [0.1, 0.15) is 12.1 Å². The minimum Gasteiger partial charge on any atom is -0.332 e. The molecule has 6 nitrogen and oxygen atoms in total. The van der Waals surface area contributed by atoms with E-state index in [1.165, 1.54) is 4.90 Å². The van der Waals surface area contributed by atoms with Gasteiger partial charge in [-0.3, -0.25) is 13.6 Å². The number of benzene rings is 1. The molecule has 2 saturated heterocycles. The summed E-state index contributed by atoms with van der Waals surface area (Å²) in [5.41, 5.74) is 0.925.